The van der Waals surface area contributed by atoms with Crippen LogP contribution in [0.15, 0.2) is 0 Å². The Morgan fingerprint density at radius 3 is 1.94 bits per heavy atom. The van der Waals surface area contributed by atoms with E-state index in [4.69, 9.17) is 9.47 Å². The maximum absolute atomic E-state index is 5.62. The molecule has 0 amide bonds. The van der Waals surface area contributed by atoms with Crippen molar-refractivity contribution < 1.29 is 9.47 Å². The zero-order valence-electron chi connectivity index (χ0n) is 13.3. The molecule has 0 saturated heterocycles. The van der Waals surface area contributed by atoms with E-state index >= 15 is 0 Å². The molecule has 0 bridgehead atoms. The van der Waals surface area contributed by atoms with Gasteiger partial charge in [-0.05, 0) is 67.3 Å². The Bertz CT molecular complexity index is 170. The molecule has 0 aromatic carbocycles. The number of nitrogens with one attached hydrogen (secondary N) is 1. The van der Waals surface area contributed by atoms with Gasteiger partial charge in [0.25, 0.3) is 0 Å². The fraction of sp³-hybridized carbons (Fsp3) is 1.00. The fourth-order valence-corrected chi connectivity index (χ4v) is 1.43. The van der Waals surface area contributed by atoms with E-state index in [-0.39, 0.29) is 11.1 Å². The van der Waals surface area contributed by atoms with Crippen LogP contribution in [0.3, 0.4) is 0 Å². The highest BCUT2D eigenvalue weighted by Crippen LogP contribution is 2.06. The fourth-order valence-electron chi connectivity index (χ4n) is 1.43. The van der Waals surface area contributed by atoms with Crippen molar-refractivity contribution in [1.29, 1.82) is 0 Å². The highest BCUT2D eigenvalue weighted by Gasteiger charge is 2.09. The molecule has 0 rings (SSSR count). The van der Waals surface area contributed by atoms with Crippen LogP contribution in [0.1, 0.15) is 60.8 Å². The summed E-state index contributed by atoms with van der Waals surface area (Å²) in [4.78, 5) is 0. The first-order valence-corrected chi connectivity index (χ1v) is 7.17. The topological polar surface area (TPSA) is 30.5 Å². The van der Waals surface area contributed by atoms with Crippen LogP contribution in [-0.4, -0.2) is 37.5 Å². The molecule has 0 aliphatic rings. The predicted molar refractivity (Wildman–Crippen MR) is 78.1 cm³/mol. The largest absolute Gasteiger partial charge is 0.381 e. The molecular weight excluding hydrogens is 226 g/mol. The molecule has 3 heteroatoms. The van der Waals surface area contributed by atoms with Crippen LogP contribution in [0.2, 0.25) is 0 Å². The van der Waals surface area contributed by atoms with Crippen molar-refractivity contribution in [2.75, 3.05) is 26.4 Å². The van der Waals surface area contributed by atoms with Crippen molar-refractivity contribution in [3.05, 3.63) is 0 Å². The Labute approximate surface area is 114 Å². The van der Waals surface area contributed by atoms with Gasteiger partial charge in [-0.3, -0.25) is 0 Å². The summed E-state index contributed by atoms with van der Waals surface area (Å²) in [6.07, 6.45) is 3.29. The van der Waals surface area contributed by atoms with Gasteiger partial charge in [0.1, 0.15) is 0 Å². The summed E-state index contributed by atoms with van der Waals surface area (Å²) in [6.45, 7) is 16.3. The van der Waals surface area contributed by atoms with Gasteiger partial charge >= 0.3 is 0 Å². The molecule has 0 spiro atoms. The summed E-state index contributed by atoms with van der Waals surface area (Å²) in [5.74, 6) is 0. The number of rotatable bonds is 9. The second kappa shape index (κ2) is 8.89. The summed E-state index contributed by atoms with van der Waals surface area (Å²) in [6, 6.07) is 0. The first-order valence-electron chi connectivity index (χ1n) is 7.17. The monoisotopic (exact) mass is 259 g/mol. The minimum atomic E-state index is -0.0291. The SMILES string of the molecule is CC(C)(C)NCCCCOCCCOC(C)(C)C. The van der Waals surface area contributed by atoms with Gasteiger partial charge in [-0.15, -0.1) is 0 Å². The second-order valence-electron chi connectivity index (χ2n) is 6.81. The highest BCUT2D eigenvalue weighted by atomic mass is 16.5. The molecule has 0 atom stereocenters. The van der Waals surface area contributed by atoms with Crippen molar-refractivity contribution in [2.24, 2.45) is 0 Å². The molecule has 0 heterocycles. The normalized spacial score (nSPS) is 13.0. The van der Waals surface area contributed by atoms with Gasteiger partial charge in [-0.25, -0.2) is 0 Å². The maximum atomic E-state index is 5.62. The summed E-state index contributed by atoms with van der Waals surface area (Å²) in [5, 5.41) is 3.47. The molecule has 0 fully saturated rings. The van der Waals surface area contributed by atoms with Crippen LogP contribution < -0.4 is 5.32 Å². The molecule has 3 nitrogen and oxygen atoms in total. The van der Waals surface area contributed by atoms with E-state index in [1.54, 1.807) is 0 Å². The van der Waals surface area contributed by atoms with Gasteiger partial charge < -0.3 is 14.8 Å². The van der Waals surface area contributed by atoms with Crippen molar-refractivity contribution in [2.45, 2.75) is 71.9 Å². The molecule has 0 aliphatic carbocycles. The molecule has 0 radical (unpaired) electrons. The lowest BCUT2D eigenvalue weighted by Crippen LogP contribution is -2.36. The van der Waals surface area contributed by atoms with E-state index in [0.29, 0.717) is 0 Å². The lowest BCUT2D eigenvalue weighted by Gasteiger charge is -2.20. The molecule has 110 valence electrons. The highest BCUT2D eigenvalue weighted by molar-refractivity contribution is 4.69. The number of hydrogen-bond donors (Lipinski definition) is 1. The van der Waals surface area contributed by atoms with Gasteiger partial charge in [0.15, 0.2) is 0 Å². The Balaban J connectivity index is 3.13. The minimum absolute atomic E-state index is 0.0291. The number of ether oxygens (including phenoxy) is 2. The number of hydrogen-bond acceptors (Lipinski definition) is 3. The van der Waals surface area contributed by atoms with E-state index in [0.717, 1.165) is 39.2 Å². The summed E-state index contributed by atoms with van der Waals surface area (Å²) < 4.78 is 11.2. The van der Waals surface area contributed by atoms with E-state index in [2.05, 4.69) is 46.9 Å². The molecule has 0 aromatic rings. The average molecular weight is 259 g/mol. The zero-order valence-corrected chi connectivity index (χ0v) is 13.3. The van der Waals surface area contributed by atoms with Gasteiger partial charge in [-0.2, -0.15) is 0 Å². The third-order valence-electron chi connectivity index (χ3n) is 2.34. The average Bonchev–Trinajstić information content (AvgIpc) is 2.17. The number of unbranched alkanes of at least 4 members (excludes halogenated alkanes) is 1. The molecule has 0 aromatic heterocycles. The van der Waals surface area contributed by atoms with Crippen LogP contribution in [0, 0.1) is 0 Å². The van der Waals surface area contributed by atoms with E-state index in [9.17, 15) is 0 Å². The molecule has 1 N–H and O–H groups in total. The predicted octanol–water partition coefficient (Wildman–Crippen LogP) is 3.38. The van der Waals surface area contributed by atoms with E-state index in [1.807, 2.05) is 0 Å². The van der Waals surface area contributed by atoms with Crippen LogP contribution in [0.25, 0.3) is 0 Å². The van der Waals surface area contributed by atoms with Crippen LogP contribution in [-0.2, 0) is 9.47 Å². The van der Waals surface area contributed by atoms with Gasteiger partial charge in [0.2, 0.25) is 0 Å². The van der Waals surface area contributed by atoms with Crippen LogP contribution in [0.5, 0.6) is 0 Å². The first kappa shape index (κ1) is 17.9. The molecule has 0 saturated carbocycles. The summed E-state index contributed by atoms with van der Waals surface area (Å²) in [7, 11) is 0. The second-order valence-corrected chi connectivity index (χ2v) is 6.81. The smallest absolute Gasteiger partial charge is 0.0598 e. The quantitative estimate of drug-likeness (QED) is 0.644. The minimum Gasteiger partial charge on any atom is -0.381 e. The van der Waals surface area contributed by atoms with Crippen molar-refractivity contribution in [3.63, 3.8) is 0 Å². The van der Waals surface area contributed by atoms with Crippen LogP contribution >= 0.6 is 0 Å². The third kappa shape index (κ3) is 15.9. The maximum Gasteiger partial charge on any atom is 0.0598 e. The standard InChI is InChI=1S/C15H33NO2/c1-14(2,3)16-10-7-8-11-17-12-9-13-18-15(4,5)6/h16H,7-13H2,1-6H3. The Hall–Kier alpha value is -0.120. The lowest BCUT2D eigenvalue weighted by atomic mass is 10.1. The van der Waals surface area contributed by atoms with E-state index < -0.39 is 0 Å². The zero-order chi connectivity index (χ0) is 14.1. The molecular formula is C15H33NO2. The summed E-state index contributed by atoms with van der Waals surface area (Å²) in [5.41, 5.74) is 0.198. The first-order chi connectivity index (χ1) is 8.21. The Kier molecular flexibility index (Phi) is 8.83. The van der Waals surface area contributed by atoms with E-state index in [1.165, 1.54) is 6.42 Å². The molecule has 0 aliphatic heterocycles. The van der Waals surface area contributed by atoms with Gasteiger partial charge in [0.05, 0.1) is 5.60 Å². The van der Waals surface area contributed by atoms with Crippen LogP contribution in [0.4, 0.5) is 0 Å². The van der Waals surface area contributed by atoms with Crippen molar-refractivity contribution in [1.82, 2.24) is 5.32 Å². The third-order valence-corrected chi connectivity index (χ3v) is 2.34. The molecule has 0 unspecified atom stereocenters. The molecule has 18 heavy (non-hydrogen) atoms. The van der Waals surface area contributed by atoms with Crippen molar-refractivity contribution >= 4 is 0 Å². The van der Waals surface area contributed by atoms with Gasteiger partial charge in [-0.1, -0.05) is 0 Å². The lowest BCUT2D eigenvalue weighted by molar-refractivity contribution is -0.0140. The summed E-state index contributed by atoms with van der Waals surface area (Å²) >= 11 is 0. The Morgan fingerprint density at radius 2 is 1.39 bits per heavy atom. The van der Waals surface area contributed by atoms with Crippen molar-refractivity contribution in [3.8, 4) is 0 Å². The Morgan fingerprint density at radius 1 is 0.778 bits per heavy atom. The van der Waals surface area contributed by atoms with Gasteiger partial charge in [0, 0.05) is 25.4 Å².